The molecule has 3 aromatic heterocycles. The van der Waals surface area contributed by atoms with Crippen molar-refractivity contribution in [3.05, 3.63) is 50.1 Å². The zero-order valence-corrected chi connectivity index (χ0v) is 15.0. The molecule has 0 unspecified atom stereocenters. The molecule has 3 rings (SSSR count). The van der Waals surface area contributed by atoms with Crippen molar-refractivity contribution in [1.29, 1.82) is 0 Å². The molecule has 0 aromatic carbocycles. The van der Waals surface area contributed by atoms with Crippen LogP contribution in [0.2, 0.25) is 5.02 Å². The summed E-state index contributed by atoms with van der Waals surface area (Å²) in [6.07, 6.45) is 3.13. The van der Waals surface area contributed by atoms with Crippen LogP contribution in [0.5, 0.6) is 0 Å². The lowest BCUT2D eigenvalue weighted by molar-refractivity contribution is 0.0459. The van der Waals surface area contributed by atoms with E-state index in [0.29, 0.717) is 15.8 Å². The molecule has 0 spiro atoms. The highest BCUT2D eigenvalue weighted by Crippen LogP contribution is 2.18. The van der Waals surface area contributed by atoms with Gasteiger partial charge in [-0.3, -0.25) is 9.20 Å². The zero-order valence-electron chi connectivity index (χ0n) is 12.6. The van der Waals surface area contributed by atoms with Gasteiger partial charge in [0.15, 0.2) is 15.8 Å². The molecule has 0 saturated heterocycles. The third-order valence-electron chi connectivity index (χ3n) is 3.08. The van der Waals surface area contributed by atoms with E-state index in [9.17, 15) is 9.59 Å². The van der Waals surface area contributed by atoms with Crippen molar-refractivity contribution in [1.82, 2.24) is 19.4 Å². The predicted octanol–water partition coefficient (Wildman–Crippen LogP) is 2.59. The molecule has 0 amide bonds. The second kappa shape index (κ2) is 6.88. The van der Waals surface area contributed by atoms with E-state index in [4.69, 9.17) is 16.3 Å². The van der Waals surface area contributed by atoms with Crippen LogP contribution in [0.4, 0.5) is 0 Å². The Morgan fingerprint density at radius 1 is 1.46 bits per heavy atom. The fourth-order valence-corrected chi connectivity index (χ4v) is 3.37. The molecule has 0 aliphatic heterocycles. The van der Waals surface area contributed by atoms with E-state index in [2.05, 4.69) is 15.0 Å². The normalized spacial score (nSPS) is 11.0. The summed E-state index contributed by atoms with van der Waals surface area (Å²) in [6.45, 7) is 1.68. The van der Waals surface area contributed by atoms with Crippen LogP contribution in [0.1, 0.15) is 21.9 Å². The van der Waals surface area contributed by atoms with Gasteiger partial charge in [0.25, 0.3) is 5.56 Å². The van der Waals surface area contributed by atoms with E-state index < -0.39 is 5.97 Å². The van der Waals surface area contributed by atoms with Crippen LogP contribution in [0.3, 0.4) is 0 Å². The van der Waals surface area contributed by atoms with Crippen molar-refractivity contribution in [3.8, 4) is 0 Å². The Balaban J connectivity index is 1.81. The van der Waals surface area contributed by atoms with Crippen molar-refractivity contribution < 1.29 is 9.53 Å². The van der Waals surface area contributed by atoms with Crippen LogP contribution in [0.25, 0.3) is 4.96 Å². The number of esters is 1. The molecule has 0 aliphatic rings. The summed E-state index contributed by atoms with van der Waals surface area (Å²) in [7, 11) is 0. The molecule has 24 heavy (non-hydrogen) atoms. The number of aryl methyl sites for hydroxylation is 1. The zero-order chi connectivity index (χ0) is 17.3. The summed E-state index contributed by atoms with van der Waals surface area (Å²) < 4.78 is 6.68. The van der Waals surface area contributed by atoms with Gasteiger partial charge in [-0.25, -0.2) is 19.7 Å². The summed E-state index contributed by atoms with van der Waals surface area (Å²) >= 11 is 8.57. The molecule has 0 aliphatic carbocycles. The topological polar surface area (TPSA) is 86.5 Å². The van der Waals surface area contributed by atoms with Crippen LogP contribution in [-0.2, 0) is 11.3 Å². The fraction of sp³-hybridized carbons (Fsp3) is 0.214. The Hall–Kier alpha value is -1.97. The maximum Gasteiger partial charge on any atom is 0.359 e. The lowest BCUT2D eigenvalue weighted by Gasteiger charge is -2.06. The number of carbonyl (C=O) groups excluding carboxylic acids is 1. The van der Waals surface area contributed by atoms with Crippen molar-refractivity contribution in [2.75, 3.05) is 6.26 Å². The van der Waals surface area contributed by atoms with Crippen LogP contribution < -0.4 is 5.56 Å². The summed E-state index contributed by atoms with van der Waals surface area (Å²) in [5.41, 5.74) is 0.953. The van der Waals surface area contributed by atoms with Gasteiger partial charge in [-0.1, -0.05) is 23.4 Å². The van der Waals surface area contributed by atoms with Gasteiger partial charge in [-0.05, 0) is 13.2 Å². The number of aromatic nitrogens is 4. The van der Waals surface area contributed by atoms with Crippen molar-refractivity contribution in [2.45, 2.75) is 18.7 Å². The first-order chi connectivity index (χ1) is 11.5. The van der Waals surface area contributed by atoms with Gasteiger partial charge in [0.05, 0.1) is 16.9 Å². The van der Waals surface area contributed by atoms with Gasteiger partial charge in [-0.15, -0.1) is 11.3 Å². The van der Waals surface area contributed by atoms with E-state index >= 15 is 0 Å². The summed E-state index contributed by atoms with van der Waals surface area (Å²) in [6, 6.07) is 1.34. The molecule has 0 fully saturated rings. The highest BCUT2D eigenvalue weighted by molar-refractivity contribution is 7.98. The molecule has 0 saturated carbocycles. The minimum atomic E-state index is -0.693. The number of hydrogen-bond donors (Lipinski definition) is 0. The molecule has 3 heterocycles. The standard InChI is InChI=1S/C14H11ClN4O3S2/c1-7-6-24-14-17-8(3-10(20)19(7)14)5-22-12(21)11-9(15)4-16-13(18-11)23-2/h3-4,6H,5H2,1-2H3. The predicted molar refractivity (Wildman–Crippen MR) is 92.0 cm³/mol. The number of carbonyl (C=O) groups is 1. The quantitative estimate of drug-likeness (QED) is 0.389. The third-order valence-corrected chi connectivity index (χ3v) is 4.86. The third kappa shape index (κ3) is 3.28. The number of nitrogens with zero attached hydrogens (tertiary/aromatic N) is 4. The lowest BCUT2D eigenvalue weighted by Crippen LogP contribution is -2.16. The largest absolute Gasteiger partial charge is 0.454 e. The minimum Gasteiger partial charge on any atom is -0.454 e. The van der Waals surface area contributed by atoms with E-state index in [1.54, 1.807) is 6.26 Å². The molecule has 0 atom stereocenters. The Morgan fingerprint density at radius 3 is 3.00 bits per heavy atom. The molecule has 10 heteroatoms. The van der Waals surface area contributed by atoms with Crippen LogP contribution in [0.15, 0.2) is 27.6 Å². The number of thioether (sulfide) groups is 1. The maximum atomic E-state index is 12.1. The van der Waals surface area contributed by atoms with Crippen molar-refractivity contribution >= 4 is 45.6 Å². The first-order valence-corrected chi connectivity index (χ1v) is 9.18. The van der Waals surface area contributed by atoms with Crippen LogP contribution in [-0.4, -0.2) is 31.6 Å². The molecule has 124 valence electrons. The molecular weight excluding hydrogens is 372 g/mol. The summed E-state index contributed by atoms with van der Waals surface area (Å²) in [4.78, 5) is 37.1. The average molecular weight is 383 g/mol. The number of ether oxygens (including phenoxy) is 1. The Kier molecular flexibility index (Phi) is 4.83. The molecule has 3 aromatic rings. The van der Waals surface area contributed by atoms with Crippen LogP contribution in [0, 0.1) is 6.92 Å². The first-order valence-electron chi connectivity index (χ1n) is 6.70. The number of fused-ring (bicyclic) bond motifs is 1. The summed E-state index contributed by atoms with van der Waals surface area (Å²) in [5.74, 6) is -0.693. The second-order valence-electron chi connectivity index (χ2n) is 4.71. The van der Waals surface area contributed by atoms with Gasteiger partial charge in [0.2, 0.25) is 0 Å². The molecule has 0 bridgehead atoms. The lowest BCUT2D eigenvalue weighted by atomic mass is 10.4. The number of halogens is 1. The molecule has 7 nitrogen and oxygen atoms in total. The van der Waals surface area contributed by atoms with Gasteiger partial charge in [0.1, 0.15) is 6.61 Å². The van der Waals surface area contributed by atoms with E-state index in [0.717, 1.165) is 5.69 Å². The van der Waals surface area contributed by atoms with E-state index in [1.165, 1.54) is 39.8 Å². The van der Waals surface area contributed by atoms with Gasteiger partial charge < -0.3 is 4.74 Å². The molecular formula is C14H11ClN4O3S2. The number of thiazole rings is 1. The Labute approximate surface area is 149 Å². The van der Waals surface area contributed by atoms with Crippen molar-refractivity contribution in [2.24, 2.45) is 0 Å². The van der Waals surface area contributed by atoms with E-state index in [1.807, 2.05) is 12.3 Å². The van der Waals surface area contributed by atoms with E-state index in [-0.39, 0.29) is 22.9 Å². The summed E-state index contributed by atoms with van der Waals surface area (Å²) in [5, 5.41) is 2.36. The Morgan fingerprint density at radius 2 is 2.25 bits per heavy atom. The van der Waals surface area contributed by atoms with Gasteiger partial charge >= 0.3 is 5.97 Å². The number of hydrogen-bond acceptors (Lipinski definition) is 8. The minimum absolute atomic E-state index is 0.0132. The molecule has 0 radical (unpaired) electrons. The fourth-order valence-electron chi connectivity index (χ4n) is 1.98. The maximum absolute atomic E-state index is 12.1. The average Bonchev–Trinajstić information content (AvgIpc) is 2.94. The second-order valence-corrected chi connectivity index (χ2v) is 6.73. The highest BCUT2D eigenvalue weighted by Gasteiger charge is 2.16. The highest BCUT2D eigenvalue weighted by atomic mass is 35.5. The van der Waals surface area contributed by atoms with Crippen molar-refractivity contribution in [3.63, 3.8) is 0 Å². The molecule has 0 N–H and O–H groups in total. The smallest absolute Gasteiger partial charge is 0.359 e. The monoisotopic (exact) mass is 382 g/mol. The Bertz CT molecular complexity index is 986. The number of rotatable bonds is 4. The van der Waals surface area contributed by atoms with Gasteiger partial charge in [0, 0.05) is 17.1 Å². The van der Waals surface area contributed by atoms with Gasteiger partial charge in [-0.2, -0.15) is 0 Å². The first kappa shape index (κ1) is 16.9. The van der Waals surface area contributed by atoms with Crippen LogP contribution >= 0.6 is 34.7 Å². The SMILES string of the molecule is CSc1ncc(Cl)c(C(=O)OCc2cc(=O)n3c(C)csc3n2)n1.